The van der Waals surface area contributed by atoms with E-state index in [1.807, 2.05) is 43.7 Å². The summed E-state index contributed by atoms with van der Waals surface area (Å²) < 4.78 is 23.9. The molecular weight excluding hydrogens is 514 g/mol. The standard InChI is InChI=1S/C28H37N7O5/c1-28(2,3)40-27(36)34-12-9-20-19(15-34)25(33-10-7-8-11-33)32-26(30-20)31-23-16-35(17-29-23)18-13-21(37-4)24(39-6)22(14-18)38-5/h13-14,16-17H,7-12,15H2,1-6H3,(H,30,31,32). The summed E-state index contributed by atoms with van der Waals surface area (Å²) >= 11 is 0. The Morgan fingerprint density at radius 3 is 2.30 bits per heavy atom. The van der Waals surface area contributed by atoms with Crippen LogP contribution < -0.4 is 24.4 Å². The molecule has 2 aliphatic rings. The minimum Gasteiger partial charge on any atom is -0.493 e. The number of carbonyl (C=O) groups excluding carboxylic acids is 1. The summed E-state index contributed by atoms with van der Waals surface area (Å²) in [6.45, 7) is 8.43. The maximum Gasteiger partial charge on any atom is 0.410 e. The monoisotopic (exact) mass is 551 g/mol. The third-order valence-corrected chi connectivity index (χ3v) is 6.87. The Kier molecular flexibility index (Phi) is 7.59. The Morgan fingerprint density at radius 1 is 0.975 bits per heavy atom. The molecular formula is C28H37N7O5. The number of aromatic nitrogens is 4. The van der Waals surface area contributed by atoms with E-state index in [9.17, 15) is 4.79 Å². The molecule has 0 unspecified atom stereocenters. The van der Waals surface area contributed by atoms with Crippen LogP contribution in [0.25, 0.3) is 5.69 Å². The zero-order chi connectivity index (χ0) is 28.4. The van der Waals surface area contributed by atoms with Crippen molar-refractivity contribution in [2.24, 2.45) is 0 Å². The zero-order valence-corrected chi connectivity index (χ0v) is 24.0. The van der Waals surface area contributed by atoms with Crippen LogP contribution in [0, 0.1) is 0 Å². The van der Waals surface area contributed by atoms with E-state index in [4.69, 9.17) is 28.9 Å². The number of methoxy groups -OCH3 is 3. The van der Waals surface area contributed by atoms with E-state index in [2.05, 4.69) is 15.2 Å². The number of hydrogen-bond donors (Lipinski definition) is 1. The third kappa shape index (κ3) is 5.70. The van der Waals surface area contributed by atoms with Crippen LogP contribution in [0.5, 0.6) is 17.2 Å². The van der Waals surface area contributed by atoms with Gasteiger partial charge in [-0.25, -0.2) is 14.8 Å². The third-order valence-electron chi connectivity index (χ3n) is 6.87. The molecule has 5 rings (SSSR count). The van der Waals surface area contributed by atoms with Crippen molar-refractivity contribution in [2.45, 2.75) is 52.2 Å². The summed E-state index contributed by atoms with van der Waals surface area (Å²) in [4.78, 5) is 31.1. The first-order chi connectivity index (χ1) is 19.2. The molecule has 1 N–H and O–H groups in total. The van der Waals surface area contributed by atoms with E-state index in [0.29, 0.717) is 48.5 Å². The Morgan fingerprint density at radius 2 is 1.68 bits per heavy atom. The van der Waals surface area contributed by atoms with E-state index in [1.165, 1.54) is 0 Å². The van der Waals surface area contributed by atoms with Crippen LogP contribution in [0.3, 0.4) is 0 Å². The van der Waals surface area contributed by atoms with Crippen molar-refractivity contribution in [3.8, 4) is 22.9 Å². The normalized spacial score (nSPS) is 15.1. The van der Waals surface area contributed by atoms with Crippen molar-refractivity contribution < 1.29 is 23.7 Å². The van der Waals surface area contributed by atoms with Gasteiger partial charge in [-0.05, 0) is 33.6 Å². The summed E-state index contributed by atoms with van der Waals surface area (Å²) in [6.07, 6.45) is 6.06. The fraction of sp³-hybridized carbons (Fsp3) is 0.500. The van der Waals surface area contributed by atoms with Crippen LogP contribution in [0.1, 0.15) is 44.9 Å². The van der Waals surface area contributed by atoms with Gasteiger partial charge < -0.3 is 38.6 Å². The van der Waals surface area contributed by atoms with Gasteiger partial charge >= 0.3 is 6.09 Å². The number of imidazole rings is 1. The molecule has 0 bridgehead atoms. The van der Waals surface area contributed by atoms with E-state index < -0.39 is 5.60 Å². The number of fused-ring (bicyclic) bond motifs is 1. The van der Waals surface area contributed by atoms with Crippen molar-refractivity contribution in [3.05, 3.63) is 35.9 Å². The minimum atomic E-state index is -0.551. The maximum absolute atomic E-state index is 12.8. The Labute approximate surface area is 234 Å². The molecule has 2 aromatic heterocycles. The minimum absolute atomic E-state index is 0.315. The van der Waals surface area contributed by atoms with Gasteiger partial charge in [0, 0.05) is 43.8 Å². The highest BCUT2D eigenvalue weighted by molar-refractivity contribution is 5.70. The fourth-order valence-electron chi connectivity index (χ4n) is 4.98. The van der Waals surface area contributed by atoms with Gasteiger partial charge in [-0.3, -0.25) is 0 Å². The molecule has 4 heterocycles. The van der Waals surface area contributed by atoms with Crippen LogP contribution in [0.2, 0.25) is 0 Å². The predicted octanol–water partition coefficient (Wildman–Crippen LogP) is 4.33. The maximum atomic E-state index is 12.8. The summed E-state index contributed by atoms with van der Waals surface area (Å²) in [6, 6.07) is 3.70. The van der Waals surface area contributed by atoms with Gasteiger partial charge in [-0.15, -0.1) is 0 Å². The van der Waals surface area contributed by atoms with Crippen LogP contribution in [0.15, 0.2) is 24.7 Å². The molecule has 0 radical (unpaired) electrons. The lowest BCUT2D eigenvalue weighted by molar-refractivity contribution is 0.0223. The van der Waals surface area contributed by atoms with Crippen molar-refractivity contribution in [1.29, 1.82) is 0 Å². The number of benzene rings is 1. The summed E-state index contributed by atoms with van der Waals surface area (Å²) in [7, 11) is 4.74. The molecule has 214 valence electrons. The number of carbonyl (C=O) groups is 1. The van der Waals surface area contributed by atoms with E-state index >= 15 is 0 Å². The van der Waals surface area contributed by atoms with Crippen molar-refractivity contribution >= 4 is 23.7 Å². The highest BCUT2D eigenvalue weighted by Gasteiger charge is 2.31. The number of rotatable bonds is 7. The summed E-state index contributed by atoms with van der Waals surface area (Å²) in [5.41, 5.74) is 2.16. The van der Waals surface area contributed by atoms with Crippen LogP contribution in [0.4, 0.5) is 22.4 Å². The van der Waals surface area contributed by atoms with Gasteiger partial charge in [0.1, 0.15) is 17.7 Å². The molecule has 2 aliphatic heterocycles. The van der Waals surface area contributed by atoms with Crippen LogP contribution in [-0.2, 0) is 17.7 Å². The lowest BCUT2D eigenvalue weighted by Gasteiger charge is -2.33. The number of anilines is 3. The molecule has 1 amide bonds. The molecule has 0 atom stereocenters. The quantitative estimate of drug-likeness (QED) is 0.455. The van der Waals surface area contributed by atoms with Gasteiger partial charge in [0.05, 0.1) is 45.5 Å². The SMILES string of the molecule is COc1cc(-n2cnc(Nc3nc4c(c(N5CCCC5)n3)CN(C(=O)OC(C)(C)C)CC4)c2)cc(OC)c1OC. The predicted molar refractivity (Wildman–Crippen MR) is 150 cm³/mol. The van der Waals surface area contributed by atoms with Crippen LogP contribution >= 0.6 is 0 Å². The second-order valence-corrected chi connectivity index (χ2v) is 10.8. The van der Waals surface area contributed by atoms with Gasteiger partial charge in [-0.2, -0.15) is 4.98 Å². The van der Waals surface area contributed by atoms with Crippen LogP contribution in [-0.4, -0.2) is 77.1 Å². The highest BCUT2D eigenvalue weighted by atomic mass is 16.6. The molecule has 1 fully saturated rings. The fourth-order valence-corrected chi connectivity index (χ4v) is 4.98. The van der Waals surface area contributed by atoms with Gasteiger partial charge in [0.15, 0.2) is 17.3 Å². The van der Waals surface area contributed by atoms with Gasteiger partial charge in [0.2, 0.25) is 11.7 Å². The number of hydrogen-bond acceptors (Lipinski definition) is 10. The lowest BCUT2D eigenvalue weighted by atomic mass is 10.1. The molecule has 0 spiro atoms. The Hall–Kier alpha value is -4.22. The molecule has 0 aliphatic carbocycles. The lowest BCUT2D eigenvalue weighted by Crippen LogP contribution is -2.41. The van der Waals surface area contributed by atoms with Crippen molar-refractivity contribution in [2.75, 3.05) is 51.2 Å². The molecule has 12 nitrogen and oxygen atoms in total. The van der Waals surface area contributed by atoms with E-state index in [1.54, 1.807) is 32.6 Å². The Balaban J connectivity index is 1.41. The number of ether oxygens (including phenoxy) is 4. The van der Waals surface area contributed by atoms with Gasteiger partial charge in [0.25, 0.3) is 0 Å². The molecule has 12 heteroatoms. The first kappa shape index (κ1) is 27.4. The topological polar surface area (TPSA) is 116 Å². The van der Waals surface area contributed by atoms with E-state index in [-0.39, 0.29) is 6.09 Å². The molecule has 3 aromatic rings. The number of nitrogens with zero attached hydrogens (tertiary/aromatic N) is 6. The second kappa shape index (κ2) is 11.1. The highest BCUT2D eigenvalue weighted by Crippen LogP contribution is 2.39. The average molecular weight is 552 g/mol. The van der Waals surface area contributed by atoms with Crippen molar-refractivity contribution in [1.82, 2.24) is 24.4 Å². The first-order valence-electron chi connectivity index (χ1n) is 13.4. The number of amides is 1. The molecule has 1 saturated heterocycles. The Bertz CT molecular complexity index is 1350. The van der Waals surface area contributed by atoms with Crippen molar-refractivity contribution in [3.63, 3.8) is 0 Å². The summed E-state index contributed by atoms with van der Waals surface area (Å²) in [5, 5.41) is 3.28. The summed E-state index contributed by atoms with van der Waals surface area (Å²) in [5.74, 6) is 3.55. The smallest absolute Gasteiger partial charge is 0.410 e. The zero-order valence-electron chi connectivity index (χ0n) is 24.0. The number of nitrogens with one attached hydrogen (secondary N) is 1. The molecule has 40 heavy (non-hydrogen) atoms. The van der Waals surface area contributed by atoms with E-state index in [0.717, 1.165) is 48.7 Å². The first-order valence-corrected chi connectivity index (χ1v) is 13.4. The molecule has 0 saturated carbocycles. The average Bonchev–Trinajstić information content (AvgIpc) is 3.63. The molecule has 1 aromatic carbocycles. The van der Waals surface area contributed by atoms with Gasteiger partial charge in [-0.1, -0.05) is 0 Å². The largest absolute Gasteiger partial charge is 0.493 e. The second-order valence-electron chi connectivity index (χ2n) is 10.8.